The summed E-state index contributed by atoms with van der Waals surface area (Å²) in [6.07, 6.45) is 6.75. The zero-order valence-corrected chi connectivity index (χ0v) is 15.0. The second-order valence-electron chi connectivity index (χ2n) is 7.10. The lowest BCUT2D eigenvalue weighted by molar-refractivity contribution is -0.143. The van der Waals surface area contributed by atoms with Gasteiger partial charge in [-0.2, -0.15) is 0 Å². The normalized spacial score (nSPS) is 19.6. The van der Waals surface area contributed by atoms with Gasteiger partial charge in [-0.25, -0.2) is 9.78 Å². The van der Waals surface area contributed by atoms with Gasteiger partial charge in [-0.15, -0.1) is 0 Å². The van der Waals surface area contributed by atoms with Gasteiger partial charge >= 0.3 is 5.97 Å². The first kappa shape index (κ1) is 17.5. The second-order valence-corrected chi connectivity index (χ2v) is 7.10. The van der Waals surface area contributed by atoms with E-state index in [-0.39, 0.29) is 12.0 Å². The molecule has 0 radical (unpaired) electrons. The Labute approximate surface area is 157 Å². The van der Waals surface area contributed by atoms with Gasteiger partial charge in [0, 0.05) is 18.8 Å². The number of hydrogen-bond donors (Lipinski definition) is 1. The summed E-state index contributed by atoms with van der Waals surface area (Å²) in [5, 5.41) is 9.73. The van der Waals surface area contributed by atoms with Gasteiger partial charge in [0.2, 0.25) is 5.88 Å². The number of aliphatic carboxylic acids is 1. The summed E-state index contributed by atoms with van der Waals surface area (Å²) in [6.45, 7) is 0.368. The molecule has 0 saturated heterocycles. The molecule has 1 aliphatic heterocycles. The number of carbonyl (C=O) groups is 2. The van der Waals surface area contributed by atoms with Crippen LogP contribution in [0, 0.1) is 0 Å². The first-order valence-electron chi connectivity index (χ1n) is 9.38. The SMILES string of the molecule is O=C(O)C1c2ccccc2CCN1C(=O)c1ccc(OC2CCCC2)nc1. The smallest absolute Gasteiger partial charge is 0.331 e. The molecule has 1 saturated carbocycles. The highest BCUT2D eigenvalue weighted by Gasteiger charge is 2.36. The number of fused-ring (bicyclic) bond motifs is 1. The number of aromatic nitrogens is 1. The van der Waals surface area contributed by atoms with Gasteiger partial charge in [0.05, 0.1) is 5.56 Å². The van der Waals surface area contributed by atoms with E-state index >= 15 is 0 Å². The summed E-state index contributed by atoms with van der Waals surface area (Å²) < 4.78 is 5.83. The van der Waals surface area contributed by atoms with E-state index in [1.807, 2.05) is 12.1 Å². The summed E-state index contributed by atoms with van der Waals surface area (Å²) in [5.74, 6) is -0.835. The largest absolute Gasteiger partial charge is 0.479 e. The van der Waals surface area contributed by atoms with Crippen molar-refractivity contribution in [1.82, 2.24) is 9.88 Å². The number of rotatable bonds is 4. The summed E-state index contributed by atoms with van der Waals surface area (Å²) in [5.41, 5.74) is 2.03. The standard InChI is InChI=1S/C21H22N2O4/c24-20(15-9-10-18(22-13-15)27-16-6-2-3-7-16)23-12-11-14-5-1-4-8-17(14)19(23)21(25)26/h1,4-5,8-10,13,16,19H,2-3,6-7,11-12H2,(H,25,26). The fourth-order valence-corrected chi connectivity index (χ4v) is 3.97. The van der Waals surface area contributed by atoms with Crippen molar-refractivity contribution in [3.8, 4) is 5.88 Å². The topological polar surface area (TPSA) is 79.7 Å². The molecule has 1 fully saturated rings. The summed E-state index contributed by atoms with van der Waals surface area (Å²) in [4.78, 5) is 30.5. The van der Waals surface area contributed by atoms with Crippen LogP contribution in [-0.2, 0) is 11.2 Å². The molecule has 1 atom stereocenters. The van der Waals surface area contributed by atoms with Crippen LogP contribution in [0.15, 0.2) is 42.6 Å². The highest BCUT2D eigenvalue weighted by Crippen LogP contribution is 2.31. The number of carboxylic acids is 1. The molecule has 1 unspecified atom stereocenters. The minimum absolute atomic E-state index is 0.203. The number of carbonyl (C=O) groups excluding carboxylic acids is 1. The Bertz CT molecular complexity index is 844. The molecule has 27 heavy (non-hydrogen) atoms. The lowest BCUT2D eigenvalue weighted by atomic mass is 9.92. The van der Waals surface area contributed by atoms with Crippen molar-refractivity contribution in [3.63, 3.8) is 0 Å². The molecule has 1 aromatic heterocycles. The molecular weight excluding hydrogens is 344 g/mol. The molecule has 1 amide bonds. The van der Waals surface area contributed by atoms with Gasteiger partial charge in [0.1, 0.15) is 6.10 Å². The van der Waals surface area contributed by atoms with Crippen molar-refractivity contribution >= 4 is 11.9 Å². The Balaban J connectivity index is 1.54. The molecule has 1 aliphatic carbocycles. The minimum Gasteiger partial charge on any atom is -0.479 e. The molecule has 4 rings (SSSR count). The number of benzene rings is 1. The van der Waals surface area contributed by atoms with Crippen molar-refractivity contribution in [3.05, 3.63) is 59.3 Å². The third-order valence-electron chi connectivity index (χ3n) is 5.35. The fourth-order valence-electron chi connectivity index (χ4n) is 3.97. The van der Waals surface area contributed by atoms with Gasteiger partial charge < -0.3 is 14.7 Å². The van der Waals surface area contributed by atoms with E-state index in [9.17, 15) is 14.7 Å². The molecule has 2 heterocycles. The lowest BCUT2D eigenvalue weighted by Crippen LogP contribution is -2.43. The average Bonchev–Trinajstić information content (AvgIpc) is 3.20. The highest BCUT2D eigenvalue weighted by atomic mass is 16.5. The van der Waals surface area contributed by atoms with Crippen LogP contribution < -0.4 is 4.74 Å². The van der Waals surface area contributed by atoms with E-state index in [0.717, 1.165) is 18.4 Å². The van der Waals surface area contributed by atoms with Crippen LogP contribution in [0.25, 0.3) is 0 Å². The van der Waals surface area contributed by atoms with Crippen molar-refractivity contribution in [2.24, 2.45) is 0 Å². The number of amides is 1. The Morgan fingerprint density at radius 2 is 1.89 bits per heavy atom. The van der Waals surface area contributed by atoms with E-state index in [2.05, 4.69) is 4.98 Å². The monoisotopic (exact) mass is 366 g/mol. The van der Waals surface area contributed by atoms with Crippen LogP contribution in [0.1, 0.15) is 53.2 Å². The molecule has 2 aliphatic rings. The van der Waals surface area contributed by atoms with Crippen molar-refractivity contribution in [2.75, 3.05) is 6.54 Å². The van der Waals surface area contributed by atoms with Crippen molar-refractivity contribution in [1.29, 1.82) is 0 Å². The van der Waals surface area contributed by atoms with E-state index in [4.69, 9.17) is 4.74 Å². The Kier molecular flexibility index (Phi) is 4.79. The van der Waals surface area contributed by atoms with Crippen LogP contribution in [0.5, 0.6) is 5.88 Å². The van der Waals surface area contributed by atoms with Crippen molar-refractivity contribution < 1.29 is 19.4 Å². The van der Waals surface area contributed by atoms with Crippen LogP contribution in [0.3, 0.4) is 0 Å². The predicted octanol–water partition coefficient (Wildman–Crippen LogP) is 3.23. The van der Waals surface area contributed by atoms with E-state index in [1.54, 1.807) is 24.3 Å². The Morgan fingerprint density at radius 3 is 2.59 bits per heavy atom. The predicted molar refractivity (Wildman–Crippen MR) is 98.7 cm³/mol. The average molecular weight is 366 g/mol. The number of pyridine rings is 1. The molecule has 1 N–H and O–H groups in total. The molecule has 2 aromatic rings. The molecule has 6 nitrogen and oxygen atoms in total. The first-order valence-corrected chi connectivity index (χ1v) is 9.38. The maximum absolute atomic E-state index is 13.0. The fraction of sp³-hybridized carbons (Fsp3) is 0.381. The first-order chi connectivity index (χ1) is 13.1. The molecule has 0 bridgehead atoms. The zero-order chi connectivity index (χ0) is 18.8. The van der Waals surface area contributed by atoms with Crippen LogP contribution in [0.4, 0.5) is 0 Å². The van der Waals surface area contributed by atoms with Crippen LogP contribution in [-0.4, -0.2) is 39.5 Å². The van der Waals surface area contributed by atoms with Gasteiger partial charge in [0.15, 0.2) is 6.04 Å². The van der Waals surface area contributed by atoms with Crippen LogP contribution >= 0.6 is 0 Å². The van der Waals surface area contributed by atoms with Gasteiger partial charge in [-0.1, -0.05) is 24.3 Å². The number of hydrogen-bond acceptors (Lipinski definition) is 4. The second kappa shape index (κ2) is 7.39. The molecular formula is C21H22N2O4. The Hall–Kier alpha value is -2.89. The maximum Gasteiger partial charge on any atom is 0.331 e. The van der Waals surface area contributed by atoms with E-state index in [1.165, 1.54) is 23.9 Å². The summed E-state index contributed by atoms with van der Waals surface area (Å²) in [7, 11) is 0. The third-order valence-corrected chi connectivity index (χ3v) is 5.35. The summed E-state index contributed by atoms with van der Waals surface area (Å²) in [6, 6.07) is 9.78. The number of nitrogens with zero attached hydrogens (tertiary/aromatic N) is 2. The number of carboxylic acid groups (broad SMARTS) is 1. The lowest BCUT2D eigenvalue weighted by Gasteiger charge is -2.34. The van der Waals surface area contributed by atoms with Gasteiger partial charge in [0.25, 0.3) is 5.91 Å². The van der Waals surface area contributed by atoms with Gasteiger partial charge in [-0.05, 0) is 49.3 Å². The zero-order valence-electron chi connectivity index (χ0n) is 15.0. The van der Waals surface area contributed by atoms with E-state index in [0.29, 0.717) is 30.0 Å². The molecule has 140 valence electrons. The molecule has 1 aromatic carbocycles. The highest BCUT2D eigenvalue weighted by molar-refractivity contribution is 5.97. The van der Waals surface area contributed by atoms with Gasteiger partial charge in [-0.3, -0.25) is 4.79 Å². The van der Waals surface area contributed by atoms with Crippen LogP contribution in [0.2, 0.25) is 0 Å². The minimum atomic E-state index is -1.02. The van der Waals surface area contributed by atoms with E-state index < -0.39 is 12.0 Å². The Morgan fingerprint density at radius 1 is 1.11 bits per heavy atom. The molecule has 0 spiro atoms. The number of ether oxygens (including phenoxy) is 1. The molecule has 6 heteroatoms. The third kappa shape index (κ3) is 3.52. The quantitative estimate of drug-likeness (QED) is 0.899. The summed E-state index contributed by atoms with van der Waals surface area (Å²) >= 11 is 0. The van der Waals surface area contributed by atoms with Crippen molar-refractivity contribution in [2.45, 2.75) is 44.2 Å². The maximum atomic E-state index is 13.0.